The molecule has 2 heterocycles. The number of likely N-dealkylation sites (tertiary alicyclic amines) is 1. The Labute approximate surface area is 149 Å². The first-order valence-corrected chi connectivity index (χ1v) is 8.58. The van der Waals surface area contributed by atoms with E-state index < -0.39 is 6.04 Å². The Morgan fingerprint density at radius 3 is 2.54 bits per heavy atom. The van der Waals surface area contributed by atoms with E-state index >= 15 is 0 Å². The molecule has 2 atom stereocenters. The molecule has 0 saturated carbocycles. The summed E-state index contributed by atoms with van der Waals surface area (Å²) in [5.41, 5.74) is 1.08. The van der Waals surface area contributed by atoms with Crippen molar-refractivity contribution in [3.8, 4) is 0 Å². The zero-order valence-corrected chi connectivity index (χ0v) is 14.7. The molecule has 1 aromatic rings. The molecule has 0 spiro atoms. The maximum absolute atomic E-state index is 12.8. The van der Waals surface area contributed by atoms with Gasteiger partial charge in [0.15, 0.2) is 0 Å². The molecule has 2 saturated heterocycles. The normalized spacial score (nSPS) is 21.2. The molecule has 2 N–H and O–H groups in total. The van der Waals surface area contributed by atoms with Gasteiger partial charge < -0.3 is 15.5 Å². The van der Waals surface area contributed by atoms with E-state index in [9.17, 15) is 9.59 Å². The zero-order chi connectivity index (χ0) is 16.1. The van der Waals surface area contributed by atoms with Crippen molar-refractivity contribution >= 4 is 24.2 Å². The van der Waals surface area contributed by atoms with E-state index in [1.54, 1.807) is 0 Å². The van der Waals surface area contributed by atoms with Gasteiger partial charge in [0.25, 0.3) is 0 Å². The van der Waals surface area contributed by atoms with Crippen LogP contribution in [0.3, 0.4) is 0 Å². The van der Waals surface area contributed by atoms with Crippen molar-refractivity contribution in [2.24, 2.45) is 5.92 Å². The van der Waals surface area contributed by atoms with Crippen molar-refractivity contribution < 1.29 is 9.59 Å². The molecule has 0 aromatic heterocycles. The summed E-state index contributed by atoms with van der Waals surface area (Å²) in [5.74, 6) is 0.0498. The van der Waals surface area contributed by atoms with E-state index in [-0.39, 0.29) is 30.1 Å². The lowest BCUT2D eigenvalue weighted by molar-refractivity contribution is -0.136. The SMILES string of the molecule is Cl.O=C(NC(Cc1ccccc1)C(=O)N1CCCC1)C1CCNC1. The van der Waals surface area contributed by atoms with Crippen molar-refractivity contribution in [1.82, 2.24) is 15.5 Å². The molecule has 2 aliphatic rings. The maximum Gasteiger partial charge on any atom is 0.245 e. The Morgan fingerprint density at radius 1 is 1.21 bits per heavy atom. The number of nitrogens with one attached hydrogen (secondary N) is 2. The summed E-state index contributed by atoms with van der Waals surface area (Å²) in [7, 11) is 0. The molecular formula is C18H26ClN3O2. The molecule has 0 radical (unpaired) electrons. The molecule has 24 heavy (non-hydrogen) atoms. The van der Waals surface area contributed by atoms with Gasteiger partial charge in [0, 0.05) is 26.1 Å². The fourth-order valence-corrected chi connectivity index (χ4v) is 3.38. The summed E-state index contributed by atoms with van der Waals surface area (Å²) in [5, 5.41) is 6.22. The number of carbonyl (C=O) groups excluding carboxylic acids is 2. The molecule has 2 fully saturated rings. The van der Waals surface area contributed by atoms with Gasteiger partial charge in [-0.1, -0.05) is 30.3 Å². The summed E-state index contributed by atoms with van der Waals surface area (Å²) in [6.07, 6.45) is 3.53. The molecule has 0 aliphatic carbocycles. The number of benzene rings is 1. The largest absolute Gasteiger partial charge is 0.344 e. The molecule has 2 aliphatic heterocycles. The molecule has 2 unspecified atom stereocenters. The van der Waals surface area contributed by atoms with Crippen LogP contribution in [-0.2, 0) is 16.0 Å². The maximum atomic E-state index is 12.8. The van der Waals surface area contributed by atoms with Crippen LogP contribution in [0.2, 0.25) is 0 Å². The molecular weight excluding hydrogens is 326 g/mol. The minimum absolute atomic E-state index is 0. The predicted molar refractivity (Wildman–Crippen MR) is 96.1 cm³/mol. The molecule has 3 rings (SSSR count). The highest BCUT2D eigenvalue weighted by molar-refractivity contribution is 5.89. The summed E-state index contributed by atoms with van der Waals surface area (Å²) < 4.78 is 0. The Kier molecular flexibility index (Phi) is 7.06. The van der Waals surface area contributed by atoms with Crippen LogP contribution >= 0.6 is 12.4 Å². The van der Waals surface area contributed by atoms with Crippen molar-refractivity contribution in [2.45, 2.75) is 31.7 Å². The second-order valence-corrected chi connectivity index (χ2v) is 6.47. The van der Waals surface area contributed by atoms with Gasteiger partial charge in [0.2, 0.25) is 11.8 Å². The van der Waals surface area contributed by atoms with E-state index in [1.165, 1.54) is 0 Å². The van der Waals surface area contributed by atoms with Gasteiger partial charge >= 0.3 is 0 Å². The van der Waals surface area contributed by atoms with Crippen LogP contribution < -0.4 is 10.6 Å². The standard InChI is InChI=1S/C18H25N3O2.ClH/c22-17(15-8-9-19-13-15)20-16(12-14-6-2-1-3-7-14)18(23)21-10-4-5-11-21;/h1-3,6-7,15-16,19H,4-5,8-13H2,(H,20,22);1H. The quantitative estimate of drug-likeness (QED) is 0.842. The number of rotatable bonds is 5. The van der Waals surface area contributed by atoms with Crippen LogP contribution in [0, 0.1) is 5.92 Å². The van der Waals surface area contributed by atoms with Crippen molar-refractivity contribution in [2.75, 3.05) is 26.2 Å². The zero-order valence-electron chi connectivity index (χ0n) is 13.9. The molecule has 2 amide bonds. The highest BCUT2D eigenvalue weighted by Crippen LogP contribution is 2.14. The van der Waals surface area contributed by atoms with E-state index in [1.807, 2.05) is 35.2 Å². The predicted octanol–water partition coefficient (Wildman–Crippen LogP) is 1.37. The lowest BCUT2D eigenvalue weighted by atomic mass is 10.0. The second kappa shape index (κ2) is 9.04. The molecule has 6 heteroatoms. The third kappa shape index (κ3) is 4.71. The van der Waals surface area contributed by atoms with Crippen LogP contribution in [0.15, 0.2) is 30.3 Å². The van der Waals surface area contributed by atoms with Gasteiger partial charge in [-0.2, -0.15) is 0 Å². The van der Waals surface area contributed by atoms with Gasteiger partial charge in [-0.05, 0) is 31.4 Å². The van der Waals surface area contributed by atoms with Crippen LogP contribution in [0.25, 0.3) is 0 Å². The van der Waals surface area contributed by atoms with Gasteiger partial charge in [0.1, 0.15) is 6.04 Å². The van der Waals surface area contributed by atoms with Gasteiger partial charge in [-0.25, -0.2) is 0 Å². The summed E-state index contributed by atoms with van der Waals surface area (Å²) in [4.78, 5) is 27.1. The van der Waals surface area contributed by atoms with Gasteiger partial charge in [-0.15, -0.1) is 12.4 Å². The number of halogens is 1. The lowest BCUT2D eigenvalue weighted by Crippen LogP contribution is -2.50. The molecule has 0 bridgehead atoms. The summed E-state index contributed by atoms with van der Waals surface area (Å²) >= 11 is 0. The number of nitrogens with zero attached hydrogens (tertiary/aromatic N) is 1. The first kappa shape index (κ1) is 18.7. The molecule has 132 valence electrons. The average Bonchev–Trinajstić information content (AvgIpc) is 3.27. The van der Waals surface area contributed by atoms with Gasteiger partial charge in [-0.3, -0.25) is 9.59 Å². The number of amides is 2. The minimum Gasteiger partial charge on any atom is -0.344 e. The lowest BCUT2D eigenvalue weighted by Gasteiger charge is -2.25. The smallest absolute Gasteiger partial charge is 0.245 e. The topological polar surface area (TPSA) is 61.4 Å². The number of carbonyl (C=O) groups is 2. The summed E-state index contributed by atoms with van der Waals surface area (Å²) in [6, 6.07) is 9.46. The highest BCUT2D eigenvalue weighted by atomic mass is 35.5. The fraction of sp³-hybridized carbons (Fsp3) is 0.556. The second-order valence-electron chi connectivity index (χ2n) is 6.47. The minimum atomic E-state index is -0.455. The third-order valence-electron chi connectivity index (χ3n) is 4.75. The molecule has 5 nitrogen and oxygen atoms in total. The Bertz CT molecular complexity index is 540. The Morgan fingerprint density at radius 2 is 1.92 bits per heavy atom. The fourth-order valence-electron chi connectivity index (χ4n) is 3.38. The van der Waals surface area contributed by atoms with E-state index in [2.05, 4.69) is 10.6 Å². The number of hydrogen-bond donors (Lipinski definition) is 2. The van der Waals surface area contributed by atoms with E-state index in [4.69, 9.17) is 0 Å². The van der Waals surface area contributed by atoms with Gasteiger partial charge in [0.05, 0.1) is 5.92 Å². The van der Waals surface area contributed by atoms with Crippen LogP contribution in [0.4, 0.5) is 0 Å². The molecule has 1 aromatic carbocycles. The van der Waals surface area contributed by atoms with E-state index in [0.29, 0.717) is 13.0 Å². The monoisotopic (exact) mass is 351 g/mol. The van der Waals surface area contributed by atoms with Crippen molar-refractivity contribution in [3.05, 3.63) is 35.9 Å². The highest BCUT2D eigenvalue weighted by Gasteiger charge is 2.31. The van der Waals surface area contributed by atoms with Crippen molar-refractivity contribution in [3.63, 3.8) is 0 Å². The van der Waals surface area contributed by atoms with Crippen molar-refractivity contribution in [1.29, 1.82) is 0 Å². The first-order chi connectivity index (χ1) is 11.2. The van der Waals surface area contributed by atoms with Crippen LogP contribution in [-0.4, -0.2) is 48.9 Å². The Balaban J connectivity index is 0.00000208. The first-order valence-electron chi connectivity index (χ1n) is 8.58. The van der Waals surface area contributed by atoms with E-state index in [0.717, 1.165) is 44.5 Å². The summed E-state index contributed by atoms with van der Waals surface area (Å²) in [6.45, 7) is 3.21. The van der Waals surface area contributed by atoms with Crippen LogP contribution in [0.5, 0.6) is 0 Å². The Hall–Kier alpha value is -1.59. The average molecular weight is 352 g/mol. The van der Waals surface area contributed by atoms with Crippen LogP contribution in [0.1, 0.15) is 24.8 Å². The third-order valence-corrected chi connectivity index (χ3v) is 4.75. The number of hydrogen-bond acceptors (Lipinski definition) is 3.